The summed E-state index contributed by atoms with van der Waals surface area (Å²) in [7, 11) is 1.73. The van der Waals surface area contributed by atoms with Crippen molar-refractivity contribution in [2.45, 2.75) is 31.1 Å². The van der Waals surface area contributed by atoms with Gasteiger partial charge >= 0.3 is 0 Å². The van der Waals surface area contributed by atoms with Crippen molar-refractivity contribution in [3.05, 3.63) is 107 Å². The van der Waals surface area contributed by atoms with Crippen LogP contribution < -0.4 is 4.74 Å². The summed E-state index contributed by atoms with van der Waals surface area (Å²) in [6.45, 7) is 0. The number of fused-ring (bicyclic) bond motifs is 3. The summed E-state index contributed by atoms with van der Waals surface area (Å²) in [4.78, 5) is 0. The Morgan fingerprint density at radius 2 is 1.63 bits per heavy atom. The Kier molecular flexibility index (Phi) is 4.05. The molecule has 2 atom stereocenters. The zero-order chi connectivity index (χ0) is 20.1. The van der Waals surface area contributed by atoms with Gasteiger partial charge in [-0.05, 0) is 54.2 Å². The summed E-state index contributed by atoms with van der Waals surface area (Å²) in [6.07, 6.45) is 6.18. The third-order valence-corrected chi connectivity index (χ3v) is 6.90. The summed E-state index contributed by atoms with van der Waals surface area (Å²) in [5.41, 5.74) is 8.40. The predicted molar refractivity (Wildman–Crippen MR) is 123 cm³/mol. The zero-order valence-corrected chi connectivity index (χ0v) is 17.2. The fourth-order valence-corrected chi connectivity index (χ4v) is 5.57. The monoisotopic (exact) mass is 391 g/mol. The largest absolute Gasteiger partial charge is 0.497 e. The lowest BCUT2D eigenvalue weighted by Gasteiger charge is -2.36. The molecule has 0 bridgehead atoms. The van der Waals surface area contributed by atoms with E-state index < -0.39 is 0 Å². The number of para-hydroxylation sites is 1. The molecule has 0 radical (unpaired) electrons. The fourth-order valence-electron chi connectivity index (χ4n) is 5.57. The van der Waals surface area contributed by atoms with Crippen LogP contribution in [0.5, 0.6) is 5.75 Å². The molecule has 6 rings (SSSR count). The molecule has 148 valence electrons. The Morgan fingerprint density at radius 3 is 2.43 bits per heavy atom. The predicted octanol–water partition coefficient (Wildman–Crippen LogP) is 6.76. The SMILES string of the molecule is COc1ccc([C@@H]2C=C(c3ccccc3)n3c4c(c5ccccc53)CCC[C@H]42)cc1. The van der Waals surface area contributed by atoms with Gasteiger partial charge in [0, 0.05) is 28.6 Å². The summed E-state index contributed by atoms with van der Waals surface area (Å²) in [5.74, 6) is 1.81. The quantitative estimate of drug-likeness (QED) is 0.376. The maximum Gasteiger partial charge on any atom is 0.118 e. The first kappa shape index (κ1) is 17.6. The normalized spacial score (nSPS) is 20.0. The first-order valence-electron chi connectivity index (χ1n) is 10.9. The van der Waals surface area contributed by atoms with E-state index in [0.717, 1.165) is 5.75 Å². The van der Waals surface area contributed by atoms with Gasteiger partial charge in [-0.2, -0.15) is 0 Å². The minimum atomic E-state index is 0.377. The van der Waals surface area contributed by atoms with Crippen LogP contribution in [-0.4, -0.2) is 11.7 Å². The summed E-state index contributed by atoms with van der Waals surface area (Å²) in [6, 6.07) is 28.5. The molecule has 30 heavy (non-hydrogen) atoms. The Hall–Kier alpha value is -3.26. The molecule has 0 amide bonds. The number of ether oxygens (including phenoxy) is 1. The van der Waals surface area contributed by atoms with Crippen molar-refractivity contribution in [1.29, 1.82) is 0 Å². The van der Waals surface area contributed by atoms with Gasteiger partial charge in [-0.25, -0.2) is 0 Å². The number of benzene rings is 3. The van der Waals surface area contributed by atoms with Gasteiger partial charge in [-0.3, -0.25) is 0 Å². The van der Waals surface area contributed by atoms with Crippen LogP contribution in [0.3, 0.4) is 0 Å². The van der Waals surface area contributed by atoms with Gasteiger partial charge in [-0.1, -0.05) is 66.7 Å². The number of nitrogens with zero attached hydrogens (tertiary/aromatic N) is 1. The molecule has 2 heteroatoms. The van der Waals surface area contributed by atoms with Crippen LogP contribution >= 0.6 is 0 Å². The molecule has 0 spiro atoms. The number of hydrogen-bond donors (Lipinski definition) is 0. The number of rotatable bonds is 3. The minimum absolute atomic E-state index is 0.377. The molecule has 2 heterocycles. The highest BCUT2D eigenvalue weighted by molar-refractivity contribution is 5.92. The molecule has 2 nitrogen and oxygen atoms in total. The maximum atomic E-state index is 5.41. The Morgan fingerprint density at radius 1 is 0.867 bits per heavy atom. The van der Waals surface area contributed by atoms with Gasteiger partial charge in [0.15, 0.2) is 0 Å². The maximum absolute atomic E-state index is 5.41. The van der Waals surface area contributed by atoms with E-state index in [1.54, 1.807) is 12.7 Å². The van der Waals surface area contributed by atoms with Gasteiger partial charge in [0.05, 0.1) is 12.6 Å². The van der Waals surface area contributed by atoms with E-state index in [4.69, 9.17) is 4.74 Å². The minimum Gasteiger partial charge on any atom is -0.497 e. The number of hydrogen-bond acceptors (Lipinski definition) is 1. The van der Waals surface area contributed by atoms with Gasteiger partial charge in [0.25, 0.3) is 0 Å². The van der Waals surface area contributed by atoms with Crippen molar-refractivity contribution < 1.29 is 4.74 Å². The van der Waals surface area contributed by atoms with Crippen LogP contribution in [-0.2, 0) is 6.42 Å². The lowest BCUT2D eigenvalue weighted by atomic mass is 9.73. The molecule has 0 fully saturated rings. The van der Waals surface area contributed by atoms with Crippen molar-refractivity contribution in [1.82, 2.24) is 4.57 Å². The van der Waals surface area contributed by atoms with Crippen LogP contribution in [0.2, 0.25) is 0 Å². The second-order valence-electron chi connectivity index (χ2n) is 8.43. The van der Waals surface area contributed by atoms with Crippen LogP contribution in [0.25, 0.3) is 16.6 Å². The number of aromatic nitrogens is 1. The molecule has 4 aromatic rings. The van der Waals surface area contributed by atoms with Gasteiger partial charge in [0.1, 0.15) is 5.75 Å². The highest BCUT2D eigenvalue weighted by atomic mass is 16.5. The van der Waals surface area contributed by atoms with Crippen LogP contribution in [0, 0.1) is 0 Å². The van der Waals surface area contributed by atoms with E-state index >= 15 is 0 Å². The van der Waals surface area contributed by atoms with Crippen molar-refractivity contribution >= 4 is 16.6 Å². The summed E-state index contributed by atoms with van der Waals surface area (Å²) in [5, 5.41) is 1.43. The van der Waals surface area contributed by atoms with Gasteiger partial charge < -0.3 is 9.30 Å². The van der Waals surface area contributed by atoms with Crippen molar-refractivity contribution in [3.63, 3.8) is 0 Å². The molecule has 0 saturated carbocycles. The van der Waals surface area contributed by atoms with Crippen LogP contribution in [0.15, 0.2) is 84.9 Å². The molecular formula is C28H25NO. The molecule has 3 aromatic carbocycles. The average molecular weight is 392 g/mol. The highest BCUT2D eigenvalue weighted by Crippen LogP contribution is 2.51. The van der Waals surface area contributed by atoms with Crippen molar-refractivity contribution in [2.75, 3.05) is 7.11 Å². The fraction of sp³-hybridized carbons (Fsp3) is 0.214. The Labute approximate surface area is 177 Å². The standard InChI is InChI=1S/C28H25NO/c1-30-21-16-14-19(15-17-21)25-18-27(20-8-3-2-4-9-20)29-26-13-6-5-10-22(26)23-11-7-12-24(25)28(23)29/h2-6,8-10,13-18,24-25H,7,11-12H2,1H3/t24-,25-/m0/s1. The molecular weight excluding hydrogens is 366 g/mol. The topological polar surface area (TPSA) is 14.2 Å². The van der Waals surface area contributed by atoms with Crippen LogP contribution in [0.1, 0.15) is 47.1 Å². The molecule has 1 aliphatic carbocycles. The van der Waals surface area contributed by atoms with Crippen LogP contribution in [0.4, 0.5) is 0 Å². The number of allylic oxidation sites excluding steroid dienone is 1. The summed E-state index contributed by atoms with van der Waals surface area (Å²) < 4.78 is 7.97. The molecule has 2 aliphatic rings. The first-order valence-corrected chi connectivity index (χ1v) is 10.9. The average Bonchev–Trinajstić information content (AvgIpc) is 3.16. The molecule has 1 aromatic heterocycles. The van der Waals surface area contributed by atoms with Gasteiger partial charge in [-0.15, -0.1) is 0 Å². The molecule has 1 aliphatic heterocycles. The van der Waals surface area contributed by atoms with E-state index in [1.807, 2.05) is 0 Å². The third kappa shape index (κ3) is 2.56. The Balaban J connectivity index is 1.63. The molecule has 0 saturated heterocycles. The van der Waals surface area contributed by atoms with Gasteiger partial charge in [0.2, 0.25) is 0 Å². The highest BCUT2D eigenvalue weighted by Gasteiger charge is 2.37. The summed E-state index contributed by atoms with van der Waals surface area (Å²) >= 11 is 0. The lowest BCUT2D eigenvalue weighted by molar-refractivity contribution is 0.414. The second kappa shape index (κ2) is 6.91. The van der Waals surface area contributed by atoms with E-state index in [0.29, 0.717) is 11.8 Å². The number of aryl methyl sites for hydroxylation is 1. The lowest BCUT2D eigenvalue weighted by Crippen LogP contribution is -2.24. The smallest absolute Gasteiger partial charge is 0.118 e. The second-order valence-corrected chi connectivity index (χ2v) is 8.43. The molecule has 0 N–H and O–H groups in total. The Bertz CT molecular complexity index is 1250. The molecule has 0 unspecified atom stereocenters. The zero-order valence-electron chi connectivity index (χ0n) is 17.2. The third-order valence-electron chi connectivity index (χ3n) is 6.90. The first-order chi connectivity index (χ1) is 14.8. The van der Waals surface area contributed by atoms with E-state index in [2.05, 4.69) is 89.5 Å². The van der Waals surface area contributed by atoms with E-state index in [9.17, 15) is 0 Å². The van der Waals surface area contributed by atoms with Crippen molar-refractivity contribution in [3.8, 4) is 5.75 Å². The van der Waals surface area contributed by atoms with Crippen molar-refractivity contribution in [2.24, 2.45) is 0 Å². The van der Waals surface area contributed by atoms with E-state index in [-0.39, 0.29) is 0 Å². The van der Waals surface area contributed by atoms with E-state index in [1.165, 1.54) is 52.7 Å². The number of methoxy groups -OCH3 is 1.